The van der Waals surface area contributed by atoms with E-state index < -0.39 is 5.97 Å². The molecule has 166 valence electrons. The molecule has 0 radical (unpaired) electrons. The zero-order valence-electron chi connectivity index (χ0n) is 17.9. The van der Waals surface area contributed by atoms with E-state index >= 15 is 0 Å². The van der Waals surface area contributed by atoms with Gasteiger partial charge in [-0.1, -0.05) is 23.7 Å². The lowest BCUT2D eigenvalue weighted by Gasteiger charge is -2.34. The molecule has 1 aromatic carbocycles. The Morgan fingerprint density at radius 3 is 2.69 bits per heavy atom. The van der Waals surface area contributed by atoms with Crippen LogP contribution in [0.1, 0.15) is 33.7 Å². The number of rotatable bonds is 5. The van der Waals surface area contributed by atoms with E-state index in [0.29, 0.717) is 34.2 Å². The normalized spacial score (nSPS) is 15.9. The van der Waals surface area contributed by atoms with Gasteiger partial charge in [0.25, 0.3) is 5.91 Å². The van der Waals surface area contributed by atoms with Crippen LogP contribution in [0, 0.1) is 0 Å². The molecule has 3 aromatic rings. The van der Waals surface area contributed by atoms with E-state index in [9.17, 15) is 9.59 Å². The molecule has 1 amide bonds. The number of ether oxygens (including phenoxy) is 1. The van der Waals surface area contributed by atoms with Gasteiger partial charge in [-0.3, -0.25) is 14.4 Å². The number of hydrogen-bond donors (Lipinski definition) is 1. The highest BCUT2D eigenvalue weighted by molar-refractivity contribution is 6.33. The molecule has 0 bridgehead atoms. The highest BCUT2D eigenvalue weighted by Gasteiger charge is 2.30. The Kier molecular flexibility index (Phi) is 6.53. The van der Waals surface area contributed by atoms with Gasteiger partial charge in [-0.2, -0.15) is 5.10 Å². The molecule has 1 aliphatic rings. The van der Waals surface area contributed by atoms with Crippen LogP contribution in [-0.4, -0.2) is 52.9 Å². The lowest BCUT2D eigenvalue weighted by Crippen LogP contribution is -2.49. The summed E-state index contributed by atoms with van der Waals surface area (Å²) in [5.41, 5.74) is 2.25. The molecule has 1 N–H and O–H groups in total. The molecule has 1 saturated heterocycles. The van der Waals surface area contributed by atoms with Crippen LogP contribution in [-0.2, 0) is 11.8 Å². The average molecular weight is 454 g/mol. The largest absolute Gasteiger partial charge is 0.464 e. The molecule has 4 rings (SSSR count). The van der Waals surface area contributed by atoms with Gasteiger partial charge in [0.05, 0.1) is 24.4 Å². The fourth-order valence-corrected chi connectivity index (χ4v) is 4.17. The van der Waals surface area contributed by atoms with Gasteiger partial charge in [0, 0.05) is 30.9 Å². The number of hydrogen-bond acceptors (Lipinski definition) is 6. The Bertz CT molecular complexity index is 1120. The molecule has 9 heteroatoms. The summed E-state index contributed by atoms with van der Waals surface area (Å²) in [7, 11) is 3.01. The number of benzene rings is 1. The number of nitrogens with zero attached hydrogens (tertiary/aromatic N) is 4. The summed E-state index contributed by atoms with van der Waals surface area (Å²) >= 11 is 6.41. The van der Waals surface area contributed by atoms with Gasteiger partial charge in [-0.25, -0.2) is 9.78 Å². The summed E-state index contributed by atoms with van der Waals surface area (Å²) < 4.78 is 6.35. The van der Waals surface area contributed by atoms with Crippen molar-refractivity contribution in [3.05, 3.63) is 65.1 Å². The van der Waals surface area contributed by atoms with Crippen molar-refractivity contribution in [1.82, 2.24) is 20.1 Å². The Labute approximate surface area is 191 Å². The standard InChI is InChI=1S/C23H24ClN5O3/c1-28-20(23(31)32-2)18(14-27-28)15-7-9-16(10-8-15)22(30)29(17-5-3-11-25-13-17)21-19(24)6-4-12-26-21/h4,6-10,12,14,17,25H,3,5,11,13H2,1-2H3. The third-order valence-corrected chi connectivity index (χ3v) is 5.88. The first-order valence-corrected chi connectivity index (χ1v) is 10.7. The van der Waals surface area contributed by atoms with Crippen LogP contribution in [0.2, 0.25) is 5.02 Å². The van der Waals surface area contributed by atoms with E-state index in [4.69, 9.17) is 16.3 Å². The van der Waals surface area contributed by atoms with E-state index in [1.807, 2.05) is 0 Å². The molecule has 0 spiro atoms. The lowest BCUT2D eigenvalue weighted by molar-refractivity contribution is 0.0589. The van der Waals surface area contributed by atoms with Crippen LogP contribution >= 0.6 is 11.6 Å². The summed E-state index contributed by atoms with van der Waals surface area (Å²) in [5.74, 6) is -0.191. The quantitative estimate of drug-likeness (QED) is 0.596. The molecule has 2 aromatic heterocycles. The van der Waals surface area contributed by atoms with Crippen molar-refractivity contribution in [1.29, 1.82) is 0 Å². The first kappa shape index (κ1) is 22.0. The number of anilines is 1. The highest BCUT2D eigenvalue weighted by atomic mass is 35.5. The second kappa shape index (κ2) is 9.50. The minimum absolute atomic E-state index is 0.0485. The van der Waals surface area contributed by atoms with Gasteiger partial charge in [0.15, 0.2) is 11.5 Å². The smallest absolute Gasteiger partial charge is 0.356 e. The molecule has 1 aliphatic heterocycles. The van der Waals surface area contributed by atoms with Crippen molar-refractivity contribution in [3.8, 4) is 11.1 Å². The van der Waals surface area contributed by atoms with E-state index in [2.05, 4.69) is 15.4 Å². The Balaban J connectivity index is 1.67. The molecule has 1 unspecified atom stereocenters. The van der Waals surface area contributed by atoms with Crippen molar-refractivity contribution in [2.24, 2.45) is 7.05 Å². The number of carbonyl (C=O) groups is 2. The maximum atomic E-state index is 13.6. The molecule has 1 atom stereocenters. The van der Waals surface area contributed by atoms with Gasteiger partial charge in [-0.05, 0) is 49.2 Å². The molecular weight excluding hydrogens is 430 g/mol. The van der Waals surface area contributed by atoms with Crippen LogP contribution < -0.4 is 10.2 Å². The van der Waals surface area contributed by atoms with E-state index in [0.717, 1.165) is 24.9 Å². The van der Waals surface area contributed by atoms with Crippen molar-refractivity contribution in [2.45, 2.75) is 18.9 Å². The monoisotopic (exact) mass is 453 g/mol. The Morgan fingerprint density at radius 1 is 1.25 bits per heavy atom. The summed E-state index contributed by atoms with van der Waals surface area (Å²) in [6.45, 7) is 1.60. The fourth-order valence-electron chi connectivity index (χ4n) is 3.96. The van der Waals surface area contributed by atoms with Crippen molar-refractivity contribution < 1.29 is 14.3 Å². The lowest BCUT2D eigenvalue weighted by atomic mass is 10.0. The summed E-state index contributed by atoms with van der Waals surface area (Å²) in [6.07, 6.45) is 5.07. The van der Waals surface area contributed by atoms with Crippen LogP contribution in [0.25, 0.3) is 11.1 Å². The predicted molar refractivity (Wildman–Crippen MR) is 122 cm³/mol. The summed E-state index contributed by atoms with van der Waals surface area (Å²) in [4.78, 5) is 31.8. The Morgan fingerprint density at radius 2 is 2.03 bits per heavy atom. The van der Waals surface area contributed by atoms with Crippen LogP contribution in [0.3, 0.4) is 0 Å². The number of aryl methyl sites for hydroxylation is 1. The maximum Gasteiger partial charge on any atom is 0.356 e. The third-order valence-electron chi connectivity index (χ3n) is 5.58. The zero-order valence-corrected chi connectivity index (χ0v) is 18.7. The summed E-state index contributed by atoms with van der Waals surface area (Å²) in [6, 6.07) is 10.5. The number of halogens is 1. The molecule has 3 heterocycles. The molecule has 0 aliphatic carbocycles. The fraction of sp³-hybridized carbons (Fsp3) is 0.304. The van der Waals surface area contributed by atoms with Crippen LogP contribution in [0.15, 0.2) is 48.8 Å². The van der Waals surface area contributed by atoms with E-state index in [1.165, 1.54) is 11.8 Å². The average Bonchev–Trinajstić information content (AvgIpc) is 3.22. The predicted octanol–water partition coefficient (Wildman–Crippen LogP) is 3.32. The minimum Gasteiger partial charge on any atom is -0.464 e. The van der Waals surface area contributed by atoms with Crippen LogP contribution in [0.4, 0.5) is 5.82 Å². The number of amides is 1. The Hall–Kier alpha value is -3.23. The SMILES string of the molecule is COC(=O)c1c(-c2ccc(C(=O)N(c3ncccc3Cl)C3CCCNC3)cc2)cnn1C. The second-order valence-corrected chi connectivity index (χ2v) is 7.99. The first-order valence-electron chi connectivity index (χ1n) is 10.4. The highest BCUT2D eigenvalue weighted by Crippen LogP contribution is 2.29. The summed E-state index contributed by atoms with van der Waals surface area (Å²) in [5, 5.41) is 7.95. The van der Waals surface area contributed by atoms with Gasteiger partial charge in [0.2, 0.25) is 0 Å². The number of pyridine rings is 1. The number of carbonyl (C=O) groups excluding carboxylic acids is 2. The number of methoxy groups -OCH3 is 1. The maximum absolute atomic E-state index is 13.6. The molecule has 8 nitrogen and oxygen atoms in total. The van der Waals surface area contributed by atoms with Gasteiger partial charge in [-0.15, -0.1) is 0 Å². The molecular formula is C23H24ClN5O3. The number of esters is 1. The number of nitrogens with one attached hydrogen (secondary N) is 1. The zero-order chi connectivity index (χ0) is 22.7. The minimum atomic E-state index is -0.471. The van der Waals surface area contributed by atoms with Crippen molar-refractivity contribution >= 4 is 29.3 Å². The molecule has 1 fully saturated rings. The van der Waals surface area contributed by atoms with Gasteiger partial charge < -0.3 is 10.1 Å². The number of piperidine rings is 1. The van der Waals surface area contributed by atoms with Gasteiger partial charge >= 0.3 is 5.97 Å². The van der Waals surface area contributed by atoms with Crippen LogP contribution in [0.5, 0.6) is 0 Å². The topological polar surface area (TPSA) is 89.3 Å². The van der Waals surface area contributed by atoms with E-state index in [1.54, 1.807) is 60.7 Å². The van der Waals surface area contributed by atoms with Crippen molar-refractivity contribution in [2.75, 3.05) is 25.1 Å². The molecule has 0 saturated carbocycles. The third kappa shape index (κ3) is 4.24. The first-order chi connectivity index (χ1) is 15.5. The molecule has 32 heavy (non-hydrogen) atoms. The number of aromatic nitrogens is 3. The van der Waals surface area contributed by atoms with Gasteiger partial charge in [0.1, 0.15) is 0 Å². The second-order valence-electron chi connectivity index (χ2n) is 7.58. The van der Waals surface area contributed by atoms with Crippen molar-refractivity contribution in [3.63, 3.8) is 0 Å². The van der Waals surface area contributed by atoms with E-state index in [-0.39, 0.29) is 11.9 Å².